The minimum atomic E-state index is 0. The fraction of sp³-hybridized carbons (Fsp3) is 0.214. The molecule has 1 aromatic carbocycles. The van der Waals surface area contributed by atoms with Crippen LogP contribution in [0.1, 0.15) is 11.3 Å². The molecule has 1 N–H and O–H groups in total. The van der Waals surface area contributed by atoms with Gasteiger partial charge in [-0.05, 0) is 40.2 Å². The van der Waals surface area contributed by atoms with Gasteiger partial charge >= 0.3 is 0 Å². The lowest BCUT2D eigenvalue weighted by Crippen LogP contribution is -2.14. The van der Waals surface area contributed by atoms with Crippen molar-refractivity contribution in [1.82, 2.24) is 10.3 Å². The van der Waals surface area contributed by atoms with Crippen LogP contribution in [0, 0.1) is 0 Å². The highest BCUT2D eigenvalue weighted by Crippen LogP contribution is 2.32. The number of hydrogen-bond acceptors (Lipinski definition) is 3. The van der Waals surface area contributed by atoms with Crippen molar-refractivity contribution >= 4 is 44.3 Å². The Kier molecular flexibility index (Phi) is 7.51. The second-order valence-electron chi connectivity index (χ2n) is 4.00. The van der Waals surface area contributed by atoms with Crippen molar-refractivity contribution in [3.63, 3.8) is 0 Å². The zero-order chi connectivity index (χ0) is 13.7. The molecule has 0 aliphatic carbocycles. The summed E-state index contributed by atoms with van der Waals surface area (Å²) in [5.74, 6) is 0.858. The number of pyridine rings is 1. The second kappa shape index (κ2) is 8.62. The van der Waals surface area contributed by atoms with E-state index in [1.807, 2.05) is 24.3 Å². The normalized spacial score (nSPS) is 9.95. The van der Waals surface area contributed by atoms with Crippen LogP contribution in [-0.4, -0.2) is 12.1 Å². The molecule has 108 valence electrons. The van der Waals surface area contributed by atoms with Crippen molar-refractivity contribution < 1.29 is 4.74 Å². The predicted octanol–water partition coefficient (Wildman–Crippen LogP) is 4.33. The minimum Gasteiger partial charge on any atom is -0.495 e. The first-order valence-corrected chi connectivity index (χ1v) is 7.42. The van der Waals surface area contributed by atoms with Crippen molar-refractivity contribution in [2.75, 3.05) is 7.11 Å². The van der Waals surface area contributed by atoms with Crippen molar-refractivity contribution in [1.29, 1.82) is 0 Å². The Morgan fingerprint density at radius 1 is 1.20 bits per heavy atom. The largest absolute Gasteiger partial charge is 0.495 e. The van der Waals surface area contributed by atoms with Crippen LogP contribution in [0.4, 0.5) is 0 Å². The van der Waals surface area contributed by atoms with E-state index < -0.39 is 0 Å². The van der Waals surface area contributed by atoms with Crippen LogP contribution in [0.2, 0.25) is 0 Å². The van der Waals surface area contributed by atoms with E-state index in [2.05, 4.69) is 48.2 Å². The highest BCUT2D eigenvalue weighted by Gasteiger charge is 2.08. The van der Waals surface area contributed by atoms with E-state index in [-0.39, 0.29) is 12.4 Å². The number of methoxy groups -OCH3 is 1. The summed E-state index contributed by atoms with van der Waals surface area (Å²) in [5, 5.41) is 3.36. The zero-order valence-electron chi connectivity index (χ0n) is 10.9. The second-order valence-corrected chi connectivity index (χ2v) is 5.77. The molecule has 1 aromatic heterocycles. The topological polar surface area (TPSA) is 34.1 Å². The molecule has 2 rings (SSSR count). The molecular formula is C14H15Br2ClN2O. The number of nitrogens with zero attached hydrogens (tertiary/aromatic N) is 1. The Morgan fingerprint density at radius 3 is 2.65 bits per heavy atom. The molecule has 6 heteroatoms. The van der Waals surface area contributed by atoms with E-state index in [0.717, 1.165) is 39.0 Å². The molecule has 3 nitrogen and oxygen atoms in total. The van der Waals surface area contributed by atoms with Gasteiger partial charge in [-0.1, -0.05) is 22.0 Å². The number of ether oxygens (including phenoxy) is 1. The molecule has 1 heterocycles. The summed E-state index contributed by atoms with van der Waals surface area (Å²) in [5.41, 5.74) is 2.12. The molecule has 0 aliphatic rings. The summed E-state index contributed by atoms with van der Waals surface area (Å²) in [6, 6.07) is 9.93. The first kappa shape index (κ1) is 17.4. The first-order valence-electron chi connectivity index (χ1n) is 5.83. The van der Waals surface area contributed by atoms with Crippen LogP contribution in [-0.2, 0) is 13.1 Å². The summed E-state index contributed by atoms with van der Waals surface area (Å²) in [6.07, 6.45) is 1.80. The maximum Gasteiger partial charge on any atom is 0.137 e. The summed E-state index contributed by atoms with van der Waals surface area (Å²) >= 11 is 6.99. The third kappa shape index (κ3) is 4.74. The number of nitrogens with one attached hydrogen (secondary N) is 1. The average molecular weight is 423 g/mol. The van der Waals surface area contributed by atoms with Crippen LogP contribution in [0.15, 0.2) is 45.5 Å². The maximum atomic E-state index is 5.41. The van der Waals surface area contributed by atoms with Gasteiger partial charge in [-0.15, -0.1) is 12.4 Å². The van der Waals surface area contributed by atoms with Gasteiger partial charge in [0, 0.05) is 29.3 Å². The Labute approximate surface area is 141 Å². The van der Waals surface area contributed by atoms with Gasteiger partial charge in [-0.2, -0.15) is 0 Å². The molecule has 0 unspecified atom stereocenters. The fourth-order valence-corrected chi connectivity index (χ4v) is 3.28. The van der Waals surface area contributed by atoms with E-state index >= 15 is 0 Å². The molecule has 0 saturated heterocycles. The standard InChI is InChI=1S/C14H14Br2N2O.ClH/c1-19-14-10(6-11(15)7-13(14)16)8-17-9-12-4-2-3-5-18-12;/h2-7,17H,8-9H2,1H3;1H. The third-order valence-electron chi connectivity index (χ3n) is 2.64. The summed E-state index contributed by atoms with van der Waals surface area (Å²) in [4.78, 5) is 4.28. The lowest BCUT2D eigenvalue weighted by molar-refractivity contribution is 0.405. The van der Waals surface area contributed by atoms with Crippen LogP contribution < -0.4 is 10.1 Å². The number of benzene rings is 1. The molecule has 0 saturated carbocycles. The Morgan fingerprint density at radius 2 is 2.00 bits per heavy atom. The highest BCUT2D eigenvalue weighted by molar-refractivity contribution is 9.11. The van der Waals surface area contributed by atoms with E-state index in [4.69, 9.17) is 4.74 Å². The van der Waals surface area contributed by atoms with Crippen LogP contribution >= 0.6 is 44.3 Å². The fourth-order valence-electron chi connectivity index (χ4n) is 1.80. The number of rotatable bonds is 5. The molecular weight excluding hydrogens is 407 g/mol. The van der Waals surface area contributed by atoms with E-state index in [0.29, 0.717) is 0 Å². The molecule has 0 bridgehead atoms. The predicted molar refractivity (Wildman–Crippen MR) is 90.4 cm³/mol. The maximum absolute atomic E-state index is 5.41. The van der Waals surface area contributed by atoms with Gasteiger partial charge in [0.15, 0.2) is 0 Å². The SMILES string of the molecule is COc1c(Br)cc(Br)cc1CNCc1ccccn1.Cl. The Balaban J connectivity index is 0.00000200. The van der Waals surface area contributed by atoms with Crippen LogP contribution in [0.25, 0.3) is 0 Å². The van der Waals surface area contributed by atoms with Gasteiger partial charge in [0.1, 0.15) is 5.75 Å². The smallest absolute Gasteiger partial charge is 0.137 e. The zero-order valence-corrected chi connectivity index (χ0v) is 14.9. The number of aromatic nitrogens is 1. The van der Waals surface area contributed by atoms with E-state index in [1.165, 1.54) is 0 Å². The molecule has 0 fully saturated rings. The highest BCUT2D eigenvalue weighted by atomic mass is 79.9. The number of halogens is 3. The number of hydrogen-bond donors (Lipinski definition) is 1. The Bertz CT molecular complexity index is 552. The summed E-state index contributed by atoms with van der Waals surface area (Å²) < 4.78 is 7.38. The van der Waals surface area contributed by atoms with Crippen molar-refractivity contribution in [3.8, 4) is 5.75 Å². The Hall–Kier alpha value is -0.620. The lowest BCUT2D eigenvalue weighted by atomic mass is 10.2. The van der Waals surface area contributed by atoms with E-state index in [9.17, 15) is 0 Å². The summed E-state index contributed by atoms with van der Waals surface area (Å²) in [7, 11) is 1.68. The molecule has 0 amide bonds. The van der Waals surface area contributed by atoms with E-state index in [1.54, 1.807) is 13.3 Å². The average Bonchev–Trinajstić information content (AvgIpc) is 2.39. The van der Waals surface area contributed by atoms with Gasteiger partial charge < -0.3 is 10.1 Å². The monoisotopic (exact) mass is 420 g/mol. The molecule has 0 aliphatic heterocycles. The van der Waals surface area contributed by atoms with Gasteiger partial charge in [0.25, 0.3) is 0 Å². The van der Waals surface area contributed by atoms with Gasteiger partial charge in [-0.3, -0.25) is 4.98 Å². The van der Waals surface area contributed by atoms with Gasteiger partial charge in [0.05, 0.1) is 17.3 Å². The van der Waals surface area contributed by atoms with Gasteiger partial charge in [-0.25, -0.2) is 0 Å². The molecule has 20 heavy (non-hydrogen) atoms. The van der Waals surface area contributed by atoms with Crippen molar-refractivity contribution in [3.05, 3.63) is 56.7 Å². The van der Waals surface area contributed by atoms with Crippen LogP contribution in [0.3, 0.4) is 0 Å². The molecule has 0 spiro atoms. The third-order valence-corrected chi connectivity index (χ3v) is 3.68. The summed E-state index contributed by atoms with van der Waals surface area (Å²) in [6.45, 7) is 1.45. The minimum absolute atomic E-state index is 0. The first-order chi connectivity index (χ1) is 9.20. The quantitative estimate of drug-likeness (QED) is 0.779. The molecule has 0 radical (unpaired) electrons. The van der Waals surface area contributed by atoms with Crippen molar-refractivity contribution in [2.45, 2.75) is 13.1 Å². The molecule has 0 atom stereocenters. The molecule has 2 aromatic rings. The van der Waals surface area contributed by atoms with Gasteiger partial charge in [0.2, 0.25) is 0 Å². The van der Waals surface area contributed by atoms with Crippen LogP contribution in [0.5, 0.6) is 5.75 Å². The lowest BCUT2D eigenvalue weighted by Gasteiger charge is -2.12. The van der Waals surface area contributed by atoms with Crippen molar-refractivity contribution in [2.24, 2.45) is 0 Å².